The average molecular weight is 675 g/mol. The van der Waals surface area contributed by atoms with Crippen molar-refractivity contribution in [3.8, 4) is 17.6 Å². The van der Waals surface area contributed by atoms with E-state index in [9.17, 15) is 24.7 Å². The van der Waals surface area contributed by atoms with Gasteiger partial charge in [0.1, 0.15) is 17.5 Å². The van der Waals surface area contributed by atoms with Gasteiger partial charge in [-0.25, -0.2) is 0 Å². The first-order chi connectivity index (χ1) is 24.4. The Morgan fingerprint density at radius 2 is 1.80 bits per heavy atom. The Kier molecular flexibility index (Phi) is 10.3. The van der Waals surface area contributed by atoms with Crippen LogP contribution in [-0.4, -0.2) is 65.3 Å². The van der Waals surface area contributed by atoms with Gasteiger partial charge in [-0.1, -0.05) is 37.5 Å². The maximum atomic E-state index is 13.3. The number of nitriles is 1. The Labute approximate surface area is 293 Å². The number of imide groups is 1. The number of carbonyl (C=O) groups excluding carboxylic acids is 3. The molecule has 50 heavy (non-hydrogen) atoms. The fourth-order valence-corrected chi connectivity index (χ4v) is 7.98. The zero-order chi connectivity index (χ0) is 34.6. The molecule has 0 radical (unpaired) electrons. The number of likely N-dealkylation sites (tertiary alicyclic amines) is 1. The fraction of sp³-hybridized carbons (Fsp3) is 0.436. The average Bonchev–Trinajstić information content (AvgIpc) is 3.67. The van der Waals surface area contributed by atoms with Crippen LogP contribution in [0.2, 0.25) is 0 Å². The summed E-state index contributed by atoms with van der Waals surface area (Å²) in [5.41, 5.74) is 6.34. The van der Waals surface area contributed by atoms with E-state index in [1.54, 1.807) is 11.0 Å². The lowest BCUT2D eigenvalue weighted by atomic mass is 9.80. The van der Waals surface area contributed by atoms with Gasteiger partial charge < -0.3 is 24.2 Å². The number of nitrogens with one attached hydrogen (secondary N) is 1. The van der Waals surface area contributed by atoms with Crippen LogP contribution in [-0.2, 0) is 33.8 Å². The number of benzene rings is 3. The van der Waals surface area contributed by atoms with E-state index in [0.29, 0.717) is 42.4 Å². The number of hydrogen-bond acceptors (Lipinski definition) is 8. The number of nitrogens with zero attached hydrogens (tertiary/aromatic N) is 3. The number of ether oxygens (including phenoxy) is 1. The summed E-state index contributed by atoms with van der Waals surface area (Å²) in [7, 11) is -0.880. The molecule has 1 atom stereocenters. The van der Waals surface area contributed by atoms with Crippen LogP contribution >= 0.6 is 0 Å². The first kappa shape index (κ1) is 34.0. The first-order valence-corrected chi connectivity index (χ1v) is 18.0. The van der Waals surface area contributed by atoms with Crippen LogP contribution in [0.15, 0.2) is 54.6 Å². The van der Waals surface area contributed by atoms with Crippen LogP contribution in [0.5, 0.6) is 11.5 Å². The number of piperidine rings is 2. The highest BCUT2D eigenvalue weighted by atomic mass is 16.5. The van der Waals surface area contributed by atoms with E-state index in [2.05, 4.69) is 22.4 Å². The molecule has 3 aromatic carbocycles. The zero-order valence-electron chi connectivity index (χ0n) is 28.4. The Morgan fingerprint density at radius 3 is 2.62 bits per heavy atom. The molecule has 7 rings (SSSR count). The van der Waals surface area contributed by atoms with E-state index in [4.69, 9.17) is 9.39 Å². The molecule has 0 bridgehead atoms. The summed E-state index contributed by atoms with van der Waals surface area (Å²) in [4.78, 5) is 41.6. The third-order valence-electron chi connectivity index (χ3n) is 10.8. The van der Waals surface area contributed by atoms with Crippen LogP contribution in [0.3, 0.4) is 0 Å². The molecule has 2 fully saturated rings. The maximum absolute atomic E-state index is 13.3. The van der Waals surface area contributed by atoms with Crippen molar-refractivity contribution >= 4 is 30.3 Å². The number of fused-ring (bicyclic) bond motifs is 2. The molecule has 11 heteroatoms. The smallest absolute Gasteiger partial charge is 0.457 e. The van der Waals surface area contributed by atoms with E-state index < -0.39 is 13.2 Å². The van der Waals surface area contributed by atoms with Gasteiger partial charge in [0.2, 0.25) is 11.8 Å². The van der Waals surface area contributed by atoms with E-state index >= 15 is 0 Å². The predicted molar refractivity (Wildman–Crippen MR) is 188 cm³/mol. The van der Waals surface area contributed by atoms with E-state index in [1.807, 2.05) is 42.5 Å². The van der Waals surface area contributed by atoms with Crippen LogP contribution < -0.4 is 15.5 Å². The summed E-state index contributed by atoms with van der Waals surface area (Å²) >= 11 is 0. The standard InChI is InChI=1S/C39H43BN4O6/c41-23-26-10-14-36(50-30-11-12-34-29(22-30)25-49-40(34)48)28(21-26)7-4-2-1-3-5-18-43-19-16-27(17-20-43)31-8-6-9-32-33(31)24-44(39(32)47)35-13-15-37(45)42-38(35)46/h6,8-12,14,21-22,27,35,48H,1-5,7,13,15-20,24-25H2,(H,42,45,46). The second-order valence-corrected chi connectivity index (χ2v) is 14.0. The summed E-state index contributed by atoms with van der Waals surface area (Å²) < 4.78 is 11.5. The van der Waals surface area contributed by atoms with Gasteiger partial charge in [-0.15, -0.1) is 0 Å². The second kappa shape index (κ2) is 15.2. The van der Waals surface area contributed by atoms with E-state index in [0.717, 1.165) is 92.5 Å². The molecular weight excluding hydrogens is 631 g/mol. The van der Waals surface area contributed by atoms with Gasteiger partial charge in [-0.2, -0.15) is 5.26 Å². The predicted octanol–water partition coefficient (Wildman–Crippen LogP) is 4.70. The highest BCUT2D eigenvalue weighted by Crippen LogP contribution is 2.37. The minimum Gasteiger partial charge on any atom is -0.457 e. The van der Waals surface area contributed by atoms with Crippen LogP contribution in [0.1, 0.15) is 102 Å². The SMILES string of the molecule is N#Cc1ccc(Oc2ccc3c(c2)COB3O)c(CCCCCCCN2CCC(c3cccc4c3CN(C3CCC(=O)NC3=O)C4=O)CC2)c1. The second-order valence-electron chi connectivity index (χ2n) is 14.0. The Morgan fingerprint density at radius 1 is 0.980 bits per heavy atom. The minimum atomic E-state index is -0.880. The number of amides is 3. The largest absolute Gasteiger partial charge is 0.491 e. The minimum absolute atomic E-state index is 0.105. The molecular formula is C39H43BN4O6. The number of carbonyl (C=O) groups is 3. The van der Waals surface area contributed by atoms with Crippen LogP contribution in [0.4, 0.5) is 0 Å². The summed E-state index contributed by atoms with van der Waals surface area (Å²) in [6.45, 7) is 3.96. The summed E-state index contributed by atoms with van der Waals surface area (Å²) in [6.07, 6.45) is 9.21. The Bertz CT molecular complexity index is 1820. The summed E-state index contributed by atoms with van der Waals surface area (Å²) in [5.74, 6) is 1.10. The molecule has 0 saturated carbocycles. The van der Waals surface area contributed by atoms with Crippen molar-refractivity contribution < 1.29 is 28.8 Å². The molecule has 258 valence electrons. The van der Waals surface area contributed by atoms with Crippen molar-refractivity contribution in [1.29, 1.82) is 5.26 Å². The highest BCUT2D eigenvalue weighted by molar-refractivity contribution is 6.61. The van der Waals surface area contributed by atoms with Gasteiger partial charge in [0, 0.05) is 18.5 Å². The lowest BCUT2D eigenvalue weighted by molar-refractivity contribution is -0.136. The molecule has 2 N–H and O–H groups in total. The van der Waals surface area contributed by atoms with Crippen molar-refractivity contribution in [3.63, 3.8) is 0 Å². The van der Waals surface area contributed by atoms with Crippen molar-refractivity contribution in [1.82, 2.24) is 15.1 Å². The lowest BCUT2D eigenvalue weighted by Gasteiger charge is -2.33. The van der Waals surface area contributed by atoms with Gasteiger partial charge in [0.15, 0.2) is 0 Å². The van der Waals surface area contributed by atoms with Gasteiger partial charge >= 0.3 is 7.12 Å². The lowest BCUT2D eigenvalue weighted by Crippen LogP contribution is -2.52. The molecule has 2 saturated heterocycles. The number of unbranched alkanes of at least 4 members (excludes halogenated alkanes) is 4. The molecule has 0 aliphatic carbocycles. The Hall–Kier alpha value is -4.50. The molecule has 10 nitrogen and oxygen atoms in total. The molecule has 4 aliphatic heterocycles. The third-order valence-corrected chi connectivity index (χ3v) is 10.8. The van der Waals surface area contributed by atoms with Gasteiger partial charge in [0.05, 0.1) is 18.2 Å². The molecule has 0 spiro atoms. The molecule has 0 aromatic heterocycles. The van der Waals surface area contributed by atoms with Crippen molar-refractivity contribution in [2.75, 3.05) is 19.6 Å². The maximum Gasteiger partial charge on any atom is 0.491 e. The molecule has 4 aliphatic rings. The van der Waals surface area contributed by atoms with Gasteiger partial charge in [0.25, 0.3) is 5.91 Å². The normalized spacial score (nSPS) is 19.4. The van der Waals surface area contributed by atoms with Gasteiger partial charge in [-0.05, 0) is 128 Å². The fourth-order valence-electron chi connectivity index (χ4n) is 7.98. The van der Waals surface area contributed by atoms with Crippen molar-refractivity contribution in [2.24, 2.45) is 0 Å². The molecule has 1 unspecified atom stereocenters. The summed E-state index contributed by atoms with van der Waals surface area (Å²) in [5, 5.41) is 21.8. The number of rotatable bonds is 12. The van der Waals surface area contributed by atoms with Crippen LogP contribution in [0.25, 0.3) is 0 Å². The highest BCUT2D eigenvalue weighted by Gasteiger charge is 2.40. The molecule has 3 aromatic rings. The molecule has 4 heterocycles. The Balaban J connectivity index is 0.837. The quantitative estimate of drug-likeness (QED) is 0.161. The van der Waals surface area contributed by atoms with Crippen molar-refractivity contribution in [3.05, 3.63) is 88.0 Å². The zero-order valence-corrected chi connectivity index (χ0v) is 28.4. The van der Waals surface area contributed by atoms with Crippen LogP contribution in [0, 0.1) is 11.3 Å². The van der Waals surface area contributed by atoms with Crippen molar-refractivity contribution in [2.45, 2.75) is 89.3 Å². The summed E-state index contributed by atoms with van der Waals surface area (Å²) in [6, 6.07) is 18.8. The third kappa shape index (κ3) is 7.34. The monoisotopic (exact) mass is 674 g/mol. The number of hydrogen-bond donors (Lipinski definition) is 2. The van der Waals surface area contributed by atoms with E-state index in [-0.39, 0.29) is 24.1 Å². The first-order valence-electron chi connectivity index (χ1n) is 18.0. The van der Waals surface area contributed by atoms with Gasteiger partial charge in [-0.3, -0.25) is 19.7 Å². The molecule has 3 amide bonds. The number of aryl methyl sites for hydroxylation is 1. The topological polar surface area (TPSA) is 132 Å². The van der Waals surface area contributed by atoms with E-state index in [1.165, 1.54) is 12.0 Å².